The molecule has 2 fully saturated rings. The van der Waals surface area contributed by atoms with Crippen molar-refractivity contribution in [1.82, 2.24) is 14.9 Å². The molecule has 2 saturated heterocycles. The van der Waals surface area contributed by atoms with Gasteiger partial charge in [0, 0.05) is 42.5 Å². The molecule has 0 bridgehead atoms. The maximum Gasteiger partial charge on any atom is 0.266 e. The van der Waals surface area contributed by atoms with E-state index in [9.17, 15) is 23.1 Å². The highest BCUT2D eigenvalue weighted by Crippen LogP contribution is 2.36. The molecule has 196 valence electrons. The molecule has 37 heavy (non-hydrogen) atoms. The molecule has 2 aliphatic heterocycles. The summed E-state index contributed by atoms with van der Waals surface area (Å²) in [6.45, 7) is 3.57. The number of carbonyl (C=O) groups is 1. The first-order chi connectivity index (χ1) is 17.8. The summed E-state index contributed by atoms with van der Waals surface area (Å²) in [4.78, 5) is 23.3. The first-order valence-corrected chi connectivity index (χ1v) is 12.4. The molecule has 2 N–H and O–H groups in total. The van der Waals surface area contributed by atoms with Gasteiger partial charge >= 0.3 is 0 Å². The van der Waals surface area contributed by atoms with Crippen LogP contribution in [0, 0.1) is 11.7 Å². The van der Waals surface area contributed by atoms with Gasteiger partial charge in [-0.2, -0.15) is 0 Å². The van der Waals surface area contributed by atoms with E-state index in [4.69, 9.17) is 4.74 Å². The molecule has 1 amide bonds. The van der Waals surface area contributed by atoms with Gasteiger partial charge in [-0.3, -0.25) is 14.8 Å². The molecule has 5 rings (SSSR count). The number of amides is 1. The molecule has 0 saturated carbocycles. The summed E-state index contributed by atoms with van der Waals surface area (Å²) in [6.07, 6.45) is 1.66. The lowest BCUT2D eigenvalue weighted by molar-refractivity contribution is -0.140. The van der Waals surface area contributed by atoms with Crippen LogP contribution in [0.25, 0.3) is 10.9 Å². The minimum absolute atomic E-state index is 0.0684. The Bertz CT molecular complexity index is 1290. The number of nitrogens with zero attached hydrogens (tertiary/aromatic N) is 3. The standard InChI is InChI=1S/C27H29F3N4O3/c1-16(18-3-2-4-19(24(18)28)25(29)30)33-21-5-9-31-22-14-32-23(13-20(21)22)27(36)7-10-34(11-8-27)26(35)17-6-12-37-15-17/h2-5,9,13-14,16-17,25,36H,6-8,10-12,15H2,1H3,(H,31,33)/t16-,17-/m1/s1. The van der Waals surface area contributed by atoms with Gasteiger partial charge in [0.15, 0.2) is 0 Å². The second kappa shape index (κ2) is 10.3. The number of aromatic nitrogens is 2. The van der Waals surface area contributed by atoms with E-state index in [1.165, 1.54) is 12.1 Å². The first-order valence-electron chi connectivity index (χ1n) is 12.4. The molecule has 2 aromatic heterocycles. The number of hydrogen-bond acceptors (Lipinski definition) is 6. The van der Waals surface area contributed by atoms with Crippen LogP contribution >= 0.6 is 0 Å². The van der Waals surface area contributed by atoms with Crippen molar-refractivity contribution in [3.05, 3.63) is 65.4 Å². The zero-order chi connectivity index (χ0) is 26.2. The van der Waals surface area contributed by atoms with Gasteiger partial charge in [-0.1, -0.05) is 18.2 Å². The summed E-state index contributed by atoms with van der Waals surface area (Å²) in [5.41, 5.74) is -0.0789. The normalized spacial score (nSPS) is 20.4. The topological polar surface area (TPSA) is 87.6 Å². The van der Waals surface area contributed by atoms with E-state index in [1.54, 1.807) is 36.4 Å². The van der Waals surface area contributed by atoms with Crippen LogP contribution in [-0.2, 0) is 15.1 Å². The van der Waals surface area contributed by atoms with Gasteiger partial charge < -0.3 is 20.1 Å². The molecule has 3 aromatic rings. The monoisotopic (exact) mass is 514 g/mol. The number of anilines is 1. The van der Waals surface area contributed by atoms with Gasteiger partial charge in [-0.25, -0.2) is 13.2 Å². The largest absolute Gasteiger partial charge is 0.383 e. The zero-order valence-corrected chi connectivity index (χ0v) is 20.5. The average Bonchev–Trinajstić information content (AvgIpc) is 3.44. The third-order valence-electron chi connectivity index (χ3n) is 7.42. The summed E-state index contributed by atoms with van der Waals surface area (Å²) in [7, 11) is 0. The fourth-order valence-electron chi connectivity index (χ4n) is 5.15. The summed E-state index contributed by atoms with van der Waals surface area (Å²) in [5.74, 6) is -0.977. The fourth-order valence-corrected chi connectivity index (χ4v) is 5.15. The lowest BCUT2D eigenvalue weighted by Gasteiger charge is -2.38. The second-order valence-electron chi connectivity index (χ2n) is 9.78. The Morgan fingerprint density at radius 1 is 1.22 bits per heavy atom. The highest BCUT2D eigenvalue weighted by atomic mass is 19.3. The van der Waals surface area contributed by atoms with E-state index in [0.717, 1.165) is 12.5 Å². The molecule has 7 nitrogen and oxygen atoms in total. The van der Waals surface area contributed by atoms with Crippen LogP contribution < -0.4 is 5.32 Å². The van der Waals surface area contributed by atoms with Crippen molar-refractivity contribution in [2.75, 3.05) is 31.6 Å². The van der Waals surface area contributed by atoms with Gasteiger partial charge in [-0.05, 0) is 38.3 Å². The van der Waals surface area contributed by atoms with Crippen molar-refractivity contribution in [3.8, 4) is 0 Å². The maximum absolute atomic E-state index is 14.7. The van der Waals surface area contributed by atoms with Crippen molar-refractivity contribution in [3.63, 3.8) is 0 Å². The highest BCUT2D eigenvalue weighted by Gasteiger charge is 2.39. The molecule has 2 atom stereocenters. The van der Waals surface area contributed by atoms with Gasteiger partial charge in [0.05, 0.1) is 41.5 Å². The molecule has 0 spiro atoms. The number of aliphatic hydroxyl groups is 1. The van der Waals surface area contributed by atoms with Gasteiger partial charge in [0.25, 0.3) is 6.43 Å². The summed E-state index contributed by atoms with van der Waals surface area (Å²) >= 11 is 0. The predicted molar refractivity (Wildman–Crippen MR) is 132 cm³/mol. The van der Waals surface area contributed by atoms with Crippen molar-refractivity contribution in [1.29, 1.82) is 0 Å². The van der Waals surface area contributed by atoms with Crippen molar-refractivity contribution >= 4 is 22.5 Å². The Kier molecular flexibility index (Phi) is 7.04. The third kappa shape index (κ3) is 5.00. The Labute approximate surface area is 212 Å². The van der Waals surface area contributed by atoms with E-state index in [2.05, 4.69) is 15.3 Å². The Hall–Kier alpha value is -3.24. The molecule has 10 heteroatoms. The van der Waals surface area contributed by atoms with Crippen LogP contribution in [0.3, 0.4) is 0 Å². The number of benzene rings is 1. The molecule has 0 radical (unpaired) electrons. The van der Waals surface area contributed by atoms with Gasteiger partial charge in [0.1, 0.15) is 11.4 Å². The number of piperidine rings is 1. The lowest BCUT2D eigenvalue weighted by atomic mass is 9.86. The molecule has 0 aliphatic carbocycles. The zero-order valence-electron chi connectivity index (χ0n) is 20.5. The maximum atomic E-state index is 14.7. The first kappa shape index (κ1) is 25.4. The summed E-state index contributed by atoms with van der Waals surface area (Å²) in [6, 6.07) is 6.83. The summed E-state index contributed by atoms with van der Waals surface area (Å²) < 4.78 is 46.4. The smallest absolute Gasteiger partial charge is 0.266 e. The number of rotatable bonds is 6. The number of fused-ring (bicyclic) bond motifs is 1. The van der Waals surface area contributed by atoms with Crippen LogP contribution in [0.2, 0.25) is 0 Å². The van der Waals surface area contributed by atoms with E-state index in [0.29, 0.717) is 61.4 Å². The highest BCUT2D eigenvalue weighted by molar-refractivity contribution is 5.91. The molecular weight excluding hydrogens is 485 g/mol. The molecule has 4 heterocycles. The molecule has 0 unspecified atom stereocenters. The van der Waals surface area contributed by atoms with Gasteiger partial charge in [0.2, 0.25) is 5.91 Å². The number of carbonyl (C=O) groups excluding carboxylic acids is 1. The number of halogens is 3. The number of nitrogens with one attached hydrogen (secondary N) is 1. The molecule has 1 aromatic carbocycles. The SMILES string of the molecule is C[C@@H](Nc1ccnc2cnc(C3(O)CCN(C(=O)[C@@H]4CCOC4)CC3)cc12)c1cccc(C(F)F)c1F. The van der Waals surface area contributed by atoms with Crippen LogP contribution in [-0.4, -0.2) is 52.2 Å². The van der Waals surface area contributed by atoms with Crippen LogP contribution in [0.4, 0.5) is 18.9 Å². The number of pyridine rings is 2. The van der Waals surface area contributed by atoms with E-state index < -0.39 is 29.4 Å². The lowest BCUT2D eigenvalue weighted by Crippen LogP contribution is -2.47. The van der Waals surface area contributed by atoms with Crippen LogP contribution in [0.5, 0.6) is 0 Å². The van der Waals surface area contributed by atoms with Crippen LogP contribution in [0.1, 0.15) is 55.5 Å². The summed E-state index contributed by atoms with van der Waals surface area (Å²) in [5, 5.41) is 15.3. The minimum atomic E-state index is -2.91. The van der Waals surface area contributed by atoms with Crippen LogP contribution in [0.15, 0.2) is 42.7 Å². The second-order valence-corrected chi connectivity index (χ2v) is 9.78. The number of ether oxygens (including phenoxy) is 1. The number of alkyl halides is 2. The Morgan fingerprint density at radius 3 is 2.68 bits per heavy atom. The number of hydrogen-bond donors (Lipinski definition) is 2. The van der Waals surface area contributed by atoms with E-state index in [1.807, 2.05) is 0 Å². The van der Waals surface area contributed by atoms with Gasteiger partial charge in [-0.15, -0.1) is 0 Å². The van der Waals surface area contributed by atoms with E-state index >= 15 is 0 Å². The van der Waals surface area contributed by atoms with Crippen molar-refractivity contribution in [2.24, 2.45) is 5.92 Å². The quantitative estimate of drug-likeness (QED) is 0.495. The number of likely N-dealkylation sites (tertiary alicyclic amines) is 1. The fraction of sp³-hybridized carbons (Fsp3) is 0.444. The average molecular weight is 515 g/mol. The Morgan fingerprint density at radius 2 is 1.97 bits per heavy atom. The minimum Gasteiger partial charge on any atom is -0.383 e. The van der Waals surface area contributed by atoms with Crippen molar-refractivity contribution < 1.29 is 27.8 Å². The Balaban J connectivity index is 1.37. The van der Waals surface area contributed by atoms with Crippen molar-refractivity contribution in [2.45, 2.75) is 44.3 Å². The third-order valence-corrected chi connectivity index (χ3v) is 7.42. The van der Waals surface area contributed by atoms with E-state index in [-0.39, 0.29) is 17.4 Å². The molecule has 2 aliphatic rings. The predicted octanol–water partition coefficient (Wildman–Crippen LogP) is 4.73. The molecular formula is C27H29F3N4O3.